The third-order valence-corrected chi connectivity index (χ3v) is 5.14. The molecule has 1 unspecified atom stereocenters. The lowest BCUT2D eigenvalue weighted by Crippen LogP contribution is -2.46. The summed E-state index contributed by atoms with van der Waals surface area (Å²) in [7, 11) is 0. The monoisotopic (exact) mass is 270 g/mol. The van der Waals surface area contributed by atoms with Crippen molar-refractivity contribution in [3.8, 4) is 0 Å². The van der Waals surface area contributed by atoms with E-state index in [2.05, 4.69) is 53.8 Å². The molecule has 18 heavy (non-hydrogen) atoms. The SMILES string of the molecule is CC(C)C(C)(C)CN=C1NC(C(C)(C)C)CCS1. The van der Waals surface area contributed by atoms with Crippen molar-refractivity contribution >= 4 is 16.9 Å². The molecule has 3 heteroatoms. The number of nitrogens with one attached hydrogen (secondary N) is 1. The van der Waals surface area contributed by atoms with Crippen LogP contribution in [0.4, 0.5) is 0 Å². The van der Waals surface area contributed by atoms with Crippen LogP contribution < -0.4 is 5.32 Å². The average molecular weight is 270 g/mol. The Hall–Kier alpha value is -0.180. The van der Waals surface area contributed by atoms with Crippen LogP contribution >= 0.6 is 11.8 Å². The zero-order valence-electron chi connectivity index (χ0n) is 13.1. The Morgan fingerprint density at radius 1 is 1.28 bits per heavy atom. The number of rotatable bonds is 3. The number of aliphatic imine (C=N–C) groups is 1. The van der Waals surface area contributed by atoms with Crippen LogP contribution in [0.2, 0.25) is 0 Å². The van der Waals surface area contributed by atoms with Gasteiger partial charge in [-0.3, -0.25) is 4.99 Å². The Morgan fingerprint density at radius 3 is 2.39 bits per heavy atom. The van der Waals surface area contributed by atoms with Crippen LogP contribution in [0, 0.1) is 16.7 Å². The topological polar surface area (TPSA) is 24.4 Å². The minimum Gasteiger partial charge on any atom is -0.362 e. The Labute approximate surface area is 117 Å². The first kappa shape index (κ1) is 15.9. The summed E-state index contributed by atoms with van der Waals surface area (Å²) < 4.78 is 0. The summed E-state index contributed by atoms with van der Waals surface area (Å²) in [5.74, 6) is 1.85. The summed E-state index contributed by atoms with van der Waals surface area (Å²) >= 11 is 1.87. The molecule has 1 N–H and O–H groups in total. The van der Waals surface area contributed by atoms with Gasteiger partial charge in [-0.25, -0.2) is 0 Å². The molecule has 0 radical (unpaired) electrons. The lowest BCUT2D eigenvalue weighted by atomic mass is 9.81. The fraction of sp³-hybridized carbons (Fsp3) is 0.933. The molecule has 0 aliphatic carbocycles. The van der Waals surface area contributed by atoms with E-state index in [1.54, 1.807) is 0 Å². The van der Waals surface area contributed by atoms with Gasteiger partial charge in [0, 0.05) is 18.3 Å². The fourth-order valence-electron chi connectivity index (χ4n) is 1.74. The Balaban J connectivity index is 2.62. The standard InChI is InChI=1S/C15H30N2S/c1-11(2)15(6,7)10-16-13-17-12(8-9-18-13)14(3,4)5/h11-12H,8-10H2,1-7H3,(H,16,17). The molecule has 1 fully saturated rings. The number of nitrogens with zero attached hydrogens (tertiary/aromatic N) is 1. The van der Waals surface area contributed by atoms with Crippen LogP contribution in [0.5, 0.6) is 0 Å². The van der Waals surface area contributed by atoms with E-state index in [1.165, 1.54) is 12.2 Å². The first-order chi connectivity index (χ1) is 8.13. The Kier molecular flexibility index (Phi) is 5.16. The third kappa shape index (κ3) is 4.49. The second kappa shape index (κ2) is 5.85. The lowest BCUT2D eigenvalue weighted by molar-refractivity contribution is 0.260. The molecule has 1 atom stereocenters. The average Bonchev–Trinajstić information content (AvgIpc) is 2.25. The van der Waals surface area contributed by atoms with E-state index in [4.69, 9.17) is 4.99 Å². The summed E-state index contributed by atoms with van der Waals surface area (Å²) in [5, 5.41) is 4.77. The molecule has 0 spiro atoms. The van der Waals surface area contributed by atoms with Crippen LogP contribution in [0.25, 0.3) is 0 Å². The molecule has 1 rings (SSSR count). The molecule has 0 amide bonds. The number of hydrogen-bond donors (Lipinski definition) is 1. The summed E-state index contributed by atoms with van der Waals surface area (Å²) in [6.45, 7) is 17.0. The smallest absolute Gasteiger partial charge is 0.156 e. The summed E-state index contributed by atoms with van der Waals surface area (Å²) in [6.07, 6.45) is 1.24. The first-order valence-corrected chi connectivity index (χ1v) is 8.05. The maximum atomic E-state index is 4.81. The van der Waals surface area contributed by atoms with E-state index >= 15 is 0 Å². The third-order valence-electron chi connectivity index (χ3n) is 4.18. The molecule has 1 saturated heterocycles. The fourth-order valence-corrected chi connectivity index (χ4v) is 2.66. The molecular formula is C15H30N2S. The van der Waals surface area contributed by atoms with Gasteiger partial charge >= 0.3 is 0 Å². The molecule has 0 aromatic rings. The number of hydrogen-bond acceptors (Lipinski definition) is 2. The normalized spacial score (nSPS) is 24.4. The molecule has 106 valence electrons. The predicted octanol–water partition coefficient (Wildman–Crippen LogP) is 4.17. The van der Waals surface area contributed by atoms with Gasteiger partial charge in [-0.1, -0.05) is 60.2 Å². The van der Waals surface area contributed by atoms with E-state index in [0.717, 1.165) is 11.7 Å². The lowest BCUT2D eigenvalue weighted by Gasteiger charge is -2.36. The molecule has 0 aromatic heterocycles. The van der Waals surface area contributed by atoms with Crippen LogP contribution in [0.3, 0.4) is 0 Å². The minimum atomic E-state index is 0.282. The van der Waals surface area contributed by atoms with Gasteiger partial charge in [-0.05, 0) is 23.2 Å². The van der Waals surface area contributed by atoms with Crippen LogP contribution in [-0.4, -0.2) is 23.5 Å². The van der Waals surface area contributed by atoms with Crippen molar-refractivity contribution in [2.75, 3.05) is 12.3 Å². The Morgan fingerprint density at radius 2 is 1.89 bits per heavy atom. The predicted molar refractivity (Wildman–Crippen MR) is 84.4 cm³/mol. The highest BCUT2D eigenvalue weighted by molar-refractivity contribution is 8.13. The largest absolute Gasteiger partial charge is 0.362 e. The molecule has 1 aliphatic rings. The molecular weight excluding hydrogens is 240 g/mol. The maximum Gasteiger partial charge on any atom is 0.156 e. The van der Waals surface area contributed by atoms with E-state index in [1.807, 2.05) is 11.8 Å². The molecule has 0 aromatic carbocycles. The molecule has 0 bridgehead atoms. The second-order valence-corrected chi connectivity index (χ2v) is 8.55. The van der Waals surface area contributed by atoms with E-state index < -0.39 is 0 Å². The molecule has 1 aliphatic heterocycles. The van der Waals surface area contributed by atoms with Crippen molar-refractivity contribution in [1.82, 2.24) is 5.32 Å². The highest BCUT2D eigenvalue weighted by atomic mass is 32.2. The summed E-state index contributed by atoms with van der Waals surface area (Å²) in [4.78, 5) is 4.81. The van der Waals surface area contributed by atoms with Gasteiger partial charge in [-0.2, -0.15) is 0 Å². The van der Waals surface area contributed by atoms with Crippen LogP contribution in [0.1, 0.15) is 54.9 Å². The van der Waals surface area contributed by atoms with Crippen molar-refractivity contribution in [2.45, 2.75) is 60.9 Å². The van der Waals surface area contributed by atoms with Crippen molar-refractivity contribution in [3.63, 3.8) is 0 Å². The second-order valence-electron chi connectivity index (χ2n) is 7.46. The summed E-state index contributed by atoms with van der Waals surface area (Å²) in [6, 6.07) is 0.555. The molecule has 2 nitrogen and oxygen atoms in total. The quantitative estimate of drug-likeness (QED) is 0.832. The highest BCUT2D eigenvalue weighted by Crippen LogP contribution is 2.29. The van der Waals surface area contributed by atoms with E-state index in [0.29, 0.717) is 17.4 Å². The number of thioether (sulfide) groups is 1. The zero-order chi connectivity index (χ0) is 14.0. The molecule has 0 saturated carbocycles. The van der Waals surface area contributed by atoms with Crippen molar-refractivity contribution in [1.29, 1.82) is 0 Å². The van der Waals surface area contributed by atoms with Gasteiger partial charge in [0.2, 0.25) is 0 Å². The van der Waals surface area contributed by atoms with Gasteiger partial charge < -0.3 is 5.32 Å². The van der Waals surface area contributed by atoms with Crippen LogP contribution in [-0.2, 0) is 0 Å². The van der Waals surface area contributed by atoms with Gasteiger partial charge in [0.25, 0.3) is 0 Å². The van der Waals surface area contributed by atoms with Gasteiger partial charge in [0.05, 0.1) is 0 Å². The van der Waals surface area contributed by atoms with Crippen molar-refractivity contribution in [2.24, 2.45) is 21.7 Å². The zero-order valence-corrected chi connectivity index (χ0v) is 13.9. The first-order valence-electron chi connectivity index (χ1n) is 7.07. The number of amidine groups is 1. The Bertz CT molecular complexity index is 300. The van der Waals surface area contributed by atoms with E-state index in [-0.39, 0.29) is 5.41 Å². The van der Waals surface area contributed by atoms with Crippen molar-refractivity contribution in [3.05, 3.63) is 0 Å². The molecule has 1 heterocycles. The van der Waals surface area contributed by atoms with Crippen molar-refractivity contribution < 1.29 is 0 Å². The maximum absolute atomic E-state index is 4.81. The van der Waals surface area contributed by atoms with Gasteiger partial charge in [0.15, 0.2) is 5.17 Å². The van der Waals surface area contributed by atoms with Gasteiger partial charge in [-0.15, -0.1) is 0 Å². The minimum absolute atomic E-state index is 0.282. The van der Waals surface area contributed by atoms with Gasteiger partial charge in [0.1, 0.15) is 0 Å². The van der Waals surface area contributed by atoms with Crippen LogP contribution in [0.15, 0.2) is 4.99 Å². The summed E-state index contributed by atoms with van der Waals surface area (Å²) in [5.41, 5.74) is 0.596. The highest BCUT2D eigenvalue weighted by Gasteiger charge is 2.29. The van der Waals surface area contributed by atoms with E-state index in [9.17, 15) is 0 Å².